The first-order valence-corrected chi connectivity index (χ1v) is 5.59. The van der Waals surface area contributed by atoms with E-state index >= 15 is 0 Å². The average Bonchev–Trinajstić information content (AvgIpc) is 2.10. The zero-order valence-electron chi connectivity index (χ0n) is 8.17. The summed E-state index contributed by atoms with van der Waals surface area (Å²) in [4.78, 5) is 0. The van der Waals surface area contributed by atoms with Gasteiger partial charge in [0, 0.05) is 25.5 Å². The summed E-state index contributed by atoms with van der Waals surface area (Å²) in [5, 5.41) is 0. The molecule has 0 amide bonds. The van der Waals surface area contributed by atoms with Crippen molar-refractivity contribution in [2.24, 2.45) is 11.8 Å². The molecule has 0 spiro atoms. The molecule has 0 radical (unpaired) electrons. The topological polar surface area (TPSA) is 47.3 Å². The molecule has 0 aromatic rings. The maximum absolute atomic E-state index is 5.43. The van der Waals surface area contributed by atoms with Gasteiger partial charge in [0.25, 0.3) is 0 Å². The Morgan fingerprint density at radius 2 is 2.25 bits per heavy atom. The largest absolute Gasteiger partial charge is 0.385 e. The second-order valence-corrected chi connectivity index (χ2v) is 3.90. The molecular formula is C8H20N2OS. The van der Waals surface area contributed by atoms with Gasteiger partial charge in [-0.15, -0.1) is 0 Å². The van der Waals surface area contributed by atoms with Crippen molar-refractivity contribution in [2.75, 3.05) is 25.7 Å². The molecule has 12 heavy (non-hydrogen) atoms. The second-order valence-electron chi connectivity index (χ2n) is 2.99. The normalized spacial score (nSPS) is 16.0. The van der Waals surface area contributed by atoms with Gasteiger partial charge in [0.2, 0.25) is 0 Å². The molecule has 0 fully saturated rings. The fourth-order valence-electron chi connectivity index (χ4n) is 1.06. The fourth-order valence-corrected chi connectivity index (χ4v) is 1.85. The Hall–Kier alpha value is 0.230. The highest BCUT2D eigenvalue weighted by Crippen LogP contribution is 2.11. The highest BCUT2D eigenvalue weighted by Gasteiger charge is 2.14. The summed E-state index contributed by atoms with van der Waals surface area (Å²) in [6.45, 7) is 3.01. The smallest absolute Gasteiger partial charge is 0.0465 e. The van der Waals surface area contributed by atoms with Crippen molar-refractivity contribution in [1.29, 1.82) is 0 Å². The molecule has 4 heteroatoms. The highest BCUT2D eigenvalue weighted by atomic mass is 32.2. The number of ether oxygens (including phenoxy) is 1. The summed E-state index contributed by atoms with van der Waals surface area (Å²) in [6, 6.07) is 0.398. The van der Waals surface area contributed by atoms with E-state index < -0.39 is 0 Å². The van der Waals surface area contributed by atoms with Crippen molar-refractivity contribution in [3.8, 4) is 0 Å². The Morgan fingerprint density at radius 1 is 1.58 bits per heavy atom. The third-order valence-electron chi connectivity index (χ3n) is 2.02. The number of hydrazine groups is 1. The van der Waals surface area contributed by atoms with E-state index in [9.17, 15) is 0 Å². The van der Waals surface area contributed by atoms with Gasteiger partial charge >= 0.3 is 0 Å². The van der Waals surface area contributed by atoms with E-state index in [0.29, 0.717) is 12.0 Å². The minimum absolute atomic E-state index is 0.398. The zero-order valence-corrected chi connectivity index (χ0v) is 8.99. The molecule has 0 heterocycles. The van der Waals surface area contributed by atoms with Crippen molar-refractivity contribution in [3.05, 3.63) is 0 Å². The van der Waals surface area contributed by atoms with Crippen LogP contribution in [-0.4, -0.2) is 31.8 Å². The lowest BCUT2D eigenvalue weighted by atomic mass is 10.0. The summed E-state index contributed by atoms with van der Waals surface area (Å²) >= 11 is 1.81. The predicted molar refractivity (Wildman–Crippen MR) is 55.2 cm³/mol. The predicted octanol–water partition coefficient (Wildman–Crippen LogP) is 0.854. The second kappa shape index (κ2) is 7.86. The van der Waals surface area contributed by atoms with Gasteiger partial charge in [0.15, 0.2) is 0 Å². The van der Waals surface area contributed by atoms with Crippen molar-refractivity contribution >= 4 is 11.8 Å². The number of methoxy groups -OCH3 is 1. The third kappa shape index (κ3) is 4.98. The first kappa shape index (κ1) is 12.2. The molecule has 2 atom stereocenters. The molecule has 0 saturated heterocycles. The van der Waals surface area contributed by atoms with Crippen LogP contribution in [0, 0.1) is 5.92 Å². The Morgan fingerprint density at radius 3 is 2.67 bits per heavy atom. The number of thioether (sulfide) groups is 1. The summed E-state index contributed by atoms with van der Waals surface area (Å²) in [6.07, 6.45) is 3.15. The lowest BCUT2D eigenvalue weighted by Crippen LogP contribution is -2.42. The van der Waals surface area contributed by atoms with Crippen LogP contribution < -0.4 is 11.3 Å². The van der Waals surface area contributed by atoms with Crippen molar-refractivity contribution in [2.45, 2.75) is 19.4 Å². The SMILES string of the molecule is COCCC(C)C(CSC)NN. The summed E-state index contributed by atoms with van der Waals surface area (Å²) in [5.41, 5.74) is 2.84. The molecular weight excluding hydrogens is 172 g/mol. The summed E-state index contributed by atoms with van der Waals surface area (Å²) in [7, 11) is 1.73. The van der Waals surface area contributed by atoms with E-state index in [1.54, 1.807) is 7.11 Å². The molecule has 0 aromatic carbocycles. The van der Waals surface area contributed by atoms with E-state index in [0.717, 1.165) is 18.8 Å². The maximum Gasteiger partial charge on any atom is 0.0465 e. The highest BCUT2D eigenvalue weighted by molar-refractivity contribution is 7.98. The molecule has 74 valence electrons. The molecule has 2 unspecified atom stereocenters. The average molecular weight is 192 g/mol. The van der Waals surface area contributed by atoms with Gasteiger partial charge in [0.1, 0.15) is 0 Å². The van der Waals surface area contributed by atoms with Crippen LogP contribution >= 0.6 is 11.8 Å². The standard InChI is InChI=1S/C8H20N2OS/c1-7(4-5-11-2)8(10-9)6-12-3/h7-8,10H,4-6,9H2,1-3H3. The lowest BCUT2D eigenvalue weighted by Gasteiger charge is -2.21. The Kier molecular flexibility index (Phi) is 8.01. The molecule has 0 aliphatic carbocycles. The monoisotopic (exact) mass is 192 g/mol. The number of rotatable bonds is 7. The minimum atomic E-state index is 0.398. The minimum Gasteiger partial charge on any atom is -0.385 e. The third-order valence-corrected chi connectivity index (χ3v) is 2.72. The lowest BCUT2D eigenvalue weighted by molar-refractivity contribution is 0.172. The van der Waals surface area contributed by atoms with Crippen molar-refractivity contribution in [1.82, 2.24) is 5.43 Å². The Bertz CT molecular complexity index is 103. The van der Waals surface area contributed by atoms with Crippen LogP contribution in [0.25, 0.3) is 0 Å². The van der Waals surface area contributed by atoms with E-state index in [1.165, 1.54) is 0 Å². The molecule has 3 N–H and O–H groups in total. The van der Waals surface area contributed by atoms with E-state index in [4.69, 9.17) is 10.6 Å². The van der Waals surface area contributed by atoms with Crippen LogP contribution in [0.5, 0.6) is 0 Å². The van der Waals surface area contributed by atoms with Crippen LogP contribution in [0.1, 0.15) is 13.3 Å². The number of nitrogens with two attached hydrogens (primary N) is 1. The molecule has 0 aliphatic rings. The molecule has 0 aliphatic heterocycles. The first-order valence-electron chi connectivity index (χ1n) is 4.20. The van der Waals surface area contributed by atoms with Crippen LogP contribution in [0.15, 0.2) is 0 Å². The van der Waals surface area contributed by atoms with E-state index in [-0.39, 0.29) is 0 Å². The summed E-state index contributed by atoms with van der Waals surface area (Å²) < 4.78 is 5.01. The molecule has 0 saturated carbocycles. The van der Waals surface area contributed by atoms with Gasteiger partial charge in [0.05, 0.1) is 0 Å². The first-order chi connectivity index (χ1) is 5.76. The van der Waals surface area contributed by atoms with Gasteiger partial charge < -0.3 is 4.74 Å². The van der Waals surface area contributed by atoms with Gasteiger partial charge in [-0.05, 0) is 18.6 Å². The van der Waals surface area contributed by atoms with Gasteiger partial charge in [-0.1, -0.05) is 6.92 Å². The quantitative estimate of drug-likeness (QED) is 0.464. The van der Waals surface area contributed by atoms with E-state index in [1.807, 2.05) is 11.8 Å². The van der Waals surface area contributed by atoms with Gasteiger partial charge in [-0.2, -0.15) is 11.8 Å². The van der Waals surface area contributed by atoms with Crippen LogP contribution in [0.4, 0.5) is 0 Å². The van der Waals surface area contributed by atoms with Crippen LogP contribution in [0.2, 0.25) is 0 Å². The molecule has 0 aromatic heterocycles. The molecule has 3 nitrogen and oxygen atoms in total. The number of nitrogens with one attached hydrogen (secondary N) is 1. The number of hydrogen-bond donors (Lipinski definition) is 2. The van der Waals surface area contributed by atoms with Gasteiger partial charge in [-0.25, -0.2) is 0 Å². The van der Waals surface area contributed by atoms with Crippen LogP contribution in [-0.2, 0) is 4.74 Å². The fraction of sp³-hybridized carbons (Fsp3) is 1.00. The Balaban J connectivity index is 3.60. The van der Waals surface area contributed by atoms with Crippen molar-refractivity contribution in [3.63, 3.8) is 0 Å². The van der Waals surface area contributed by atoms with Crippen LogP contribution in [0.3, 0.4) is 0 Å². The summed E-state index contributed by atoms with van der Waals surface area (Å²) in [5.74, 6) is 7.06. The molecule has 0 bridgehead atoms. The zero-order chi connectivity index (χ0) is 9.40. The molecule has 0 rings (SSSR count). The van der Waals surface area contributed by atoms with Crippen molar-refractivity contribution < 1.29 is 4.74 Å². The van der Waals surface area contributed by atoms with E-state index in [2.05, 4.69) is 18.6 Å². The number of hydrogen-bond acceptors (Lipinski definition) is 4. The Labute approximate surface area is 79.4 Å². The maximum atomic E-state index is 5.43. The van der Waals surface area contributed by atoms with Gasteiger partial charge in [-0.3, -0.25) is 11.3 Å².